The SMILES string of the molecule is O=C(NCc1ccco1)Nc1ccc(C(=O)O)c(F)c1. The van der Waals surface area contributed by atoms with Gasteiger partial charge in [-0.1, -0.05) is 0 Å². The predicted octanol–water partition coefficient (Wildman–Crippen LogP) is 2.44. The van der Waals surface area contributed by atoms with Gasteiger partial charge in [0.1, 0.15) is 11.6 Å². The third kappa shape index (κ3) is 3.35. The predicted molar refractivity (Wildman–Crippen MR) is 67.9 cm³/mol. The van der Waals surface area contributed by atoms with Crippen molar-refractivity contribution in [1.29, 1.82) is 0 Å². The number of hydrogen-bond donors (Lipinski definition) is 3. The van der Waals surface area contributed by atoms with Crippen molar-refractivity contribution in [3.8, 4) is 0 Å². The molecule has 0 unspecified atom stereocenters. The van der Waals surface area contributed by atoms with Crippen molar-refractivity contribution in [2.75, 3.05) is 5.32 Å². The lowest BCUT2D eigenvalue weighted by molar-refractivity contribution is 0.0692. The summed E-state index contributed by atoms with van der Waals surface area (Å²) in [6, 6.07) is 6.16. The molecule has 2 aromatic rings. The van der Waals surface area contributed by atoms with Crippen LogP contribution in [0, 0.1) is 5.82 Å². The van der Waals surface area contributed by atoms with E-state index in [2.05, 4.69) is 10.6 Å². The van der Waals surface area contributed by atoms with E-state index in [0.717, 1.165) is 12.1 Å². The molecule has 0 saturated heterocycles. The standard InChI is InChI=1S/C13H11FN2O4/c14-11-6-8(3-4-10(11)12(17)18)16-13(19)15-7-9-2-1-5-20-9/h1-6H,7H2,(H,17,18)(H2,15,16,19). The highest BCUT2D eigenvalue weighted by Crippen LogP contribution is 2.14. The Balaban J connectivity index is 1.94. The summed E-state index contributed by atoms with van der Waals surface area (Å²) in [7, 11) is 0. The number of halogens is 1. The molecule has 0 bridgehead atoms. The lowest BCUT2D eigenvalue weighted by atomic mass is 10.2. The van der Waals surface area contributed by atoms with Crippen LogP contribution in [0.5, 0.6) is 0 Å². The maximum absolute atomic E-state index is 13.4. The molecule has 0 fully saturated rings. The minimum absolute atomic E-state index is 0.157. The lowest BCUT2D eigenvalue weighted by Crippen LogP contribution is -2.28. The number of carboxylic acid groups (broad SMARTS) is 1. The number of rotatable bonds is 4. The molecule has 3 N–H and O–H groups in total. The molecule has 104 valence electrons. The Labute approximate surface area is 113 Å². The molecule has 1 aromatic heterocycles. The first-order chi connectivity index (χ1) is 9.56. The summed E-state index contributed by atoms with van der Waals surface area (Å²) in [6.07, 6.45) is 1.48. The summed E-state index contributed by atoms with van der Waals surface area (Å²) in [5.41, 5.74) is -0.295. The summed E-state index contributed by atoms with van der Waals surface area (Å²) in [5, 5.41) is 13.6. The number of carbonyl (C=O) groups excluding carboxylic acids is 1. The molecule has 0 atom stereocenters. The van der Waals surface area contributed by atoms with Crippen molar-refractivity contribution < 1.29 is 23.5 Å². The Morgan fingerprint density at radius 1 is 1.30 bits per heavy atom. The zero-order valence-corrected chi connectivity index (χ0v) is 10.2. The van der Waals surface area contributed by atoms with E-state index < -0.39 is 23.4 Å². The molecule has 0 saturated carbocycles. The average Bonchev–Trinajstić information content (AvgIpc) is 2.89. The van der Waals surface area contributed by atoms with Gasteiger partial charge >= 0.3 is 12.0 Å². The van der Waals surface area contributed by atoms with Crippen LogP contribution in [0.25, 0.3) is 0 Å². The van der Waals surface area contributed by atoms with Crippen LogP contribution in [0.1, 0.15) is 16.1 Å². The molecule has 7 heteroatoms. The highest BCUT2D eigenvalue weighted by molar-refractivity contribution is 5.91. The van der Waals surface area contributed by atoms with Gasteiger partial charge in [-0.15, -0.1) is 0 Å². The summed E-state index contributed by atoms with van der Waals surface area (Å²) in [4.78, 5) is 22.2. The number of amides is 2. The number of aromatic carboxylic acids is 1. The first kappa shape index (κ1) is 13.6. The number of benzene rings is 1. The van der Waals surface area contributed by atoms with Gasteiger partial charge in [-0.05, 0) is 30.3 Å². The van der Waals surface area contributed by atoms with E-state index in [1.807, 2.05) is 0 Å². The van der Waals surface area contributed by atoms with Crippen molar-refractivity contribution in [2.24, 2.45) is 0 Å². The Hall–Kier alpha value is -2.83. The van der Waals surface area contributed by atoms with Gasteiger partial charge in [0, 0.05) is 5.69 Å². The smallest absolute Gasteiger partial charge is 0.338 e. The highest BCUT2D eigenvalue weighted by Gasteiger charge is 2.11. The first-order valence-electron chi connectivity index (χ1n) is 5.66. The number of urea groups is 1. The van der Waals surface area contributed by atoms with Crippen LogP contribution >= 0.6 is 0 Å². The fraction of sp³-hybridized carbons (Fsp3) is 0.0769. The minimum atomic E-state index is -1.36. The van der Waals surface area contributed by atoms with Gasteiger partial charge in [0.15, 0.2) is 0 Å². The van der Waals surface area contributed by atoms with Crippen LogP contribution in [0.4, 0.5) is 14.9 Å². The van der Waals surface area contributed by atoms with Gasteiger partial charge in [0.2, 0.25) is 0 Å². The van der Waals surface area contributed by atoms with E-state index in [1.165, 1.54) is 12.3 Å². The molecule has 6 nitrogen and oxygen atoms in total. The number of furan rings is 1. The average molecular weight is 278 g/mol. The highest BCUT2D eigenvalue weighted by atomic mass is 19.1. The molecule has 20 heavy (non-hydrogen) atoms. The summed E-state index contributed by atoms with van der Waals surface area (Å²) in [5.74, 6) is -1.70. The van der Waals surface area contributed by atoms with Crippen molar-refractivity contribution in [3.05, 3.63) is 53.7 Å². The molecular weight excluding hydrogens is 267 g/mol. The fourth-order valence-electron chi connectivity index (χ4n) is 1.52. The lowest BCUT2D eigenvalue weighted by Gasteiger charge is -2.07. The molecular formula is C13H11FN2O4. The molecule has 2 amide bonds. The maximum Gasteiger partial charge on any atom is 0.338 e. The molecule has 1 aromatic carbocycles. The second kappa shape index (κ2) is 5.87. The first-order valence-corrected chi connectivity index (χ1v) is 5.66. The zero-order valence-electron chi connectivity index (χ0n) is 10.2. The second-order valence-corrected chi connectivity index (χ2v) is 3.89. The normalized spacial score (nSPS) is 10.1. The molecule has 0 spiro atoms. The van der Waals surface area contributed by atoms with Crippen LogP contribution in [0.15, 0.2) is 41.0 Å². The van der Waals surface area contributed by atoms with Crippen LogP contribution in [-0.4, -0.2) is 17.1 Å². The number of nitrogens with one attached hydrogen (secondary N) is 2. The van der Waals surface area contributed by atoms with Gasteiger partial charge < -0.3 is 20.2 Å². The number of anilines is 1. The van der Waals surface area contributed by atoms with Gasteiger partial charge in [-0.25, -0.2) is 14.0 Å². The quantitative estimate of drug-likeness (QED) is 0.801. The van der Waals surface area contributed by atoms with Crippen LogP contribution in [-0.2, 0) is 6.54 Å². The molecule has 1 heterocycles. The van der Waals surface area contributed by atoms with Crippen molar-refractivity contribution in [2.45, 2.75) is 6.54 Å². The van der Waals surface area contributed by atoms with Crippen LogP contribution < -0.4 is 10.6 Å². The topological polar surface area (TPSA) is 91.6 Å². The van der Waals surface area contributed by atoms with E-state index in [-0.39, 0.29) is 12.2 Å². The largest absolute Gasteiger partial charge is 0.478 e. The van der Waals surface area contributed by atoms with Gasteiger partial charge in [0.25, 0.3) is 0 Å². The van der Waals surface area contributed by atoms with E-state index >= 15 is 0 Å². The molecule has 0 aliphatic carbocycles. The second-order valence-electron chi connectivity index (χ2n) is 3.89. The Bertz CT molecular complexity index is 625. The van der Waals surface area contributed by atoms with E-state index in [0.29, 0.717) is 5.76 Å². The summed E-state index contributed by atoms with van der Waals surface area (Å²) < 4.78 is 18.4. The third-order valence-corrected chi connectivity index (χ3v) is 2.46. The molecule has 0 aliphatic heterocycles. The van der Waals surface area contributed by atoms with Crippen LogP contribution in [0.2, 0.25) is 0 Å². The molecule has 0 radical (unpaired) electrons. The third-order valence-electron chi connectivity index (χ3n) is 2.46. The monoisotopic (exact) mass is 278 g/mol. The summed E-state index contributed by atoms with van der Waals surface area (Å²) >= 11 is 0. The maximum atomic E-state index is 13.4. The number of carbonyl (C=O) groups is 2. The number of carboxylic acids is 1. The molecule has 0 aliphatic rings. The van der Waals surface area contributed by atoms with E-state index in [1.54, 1.807) is 12.1 Å². The van der Waals surface area contributed by atoms with E-state index in [9.17, 15) is 14.0 Å². The zero-order chi connectivity index (χ0) is 14.5. The van der Waals surface area contributed by atoms with Crippen LogP contribution in [0.3, 0.4) is 0 Å². The van der Waals surface area contributed by atoms with E-state index in [4.69, 9.17) is 9.52 Å². The van der Waals surface area contributed by atoms with Gasteiger partial charge in [-0.3, -0.25) is 0 Å². The Morgan fingerprint density at radius 2 is 2.10 bits per heavy atom. The minimum Gasteiger partial charge on any atom is -0.478 e. The van der Waals surface area contributed by atoms with Crippen molar-refractivity contribution in [1.82, 2.24) is 5.32 Å². The van der Waals surface area contributed by atoms with Gasteiger partial charge in [-0.2, -0.15) is 0 Å². The Kier molecular flexibility index (Phi) is 3.99. The number of hydrogen-bond acceptors (Lipinski definition) is 3. The van der Waals surface area contributed by atoms with Crippen molar-refractivity contribution >= 4 is 17.7 Å². The fourth-order valence-corrected chi connectivity index (χ4v) is 1.52. The van der Waals surface area contributed by atoms with Crippen molar-refractivity contribution in [3.63, 3.8) is 0 Å². The summed E-state index contributed by atoms with van der Waals surface area (Å²) in [6.45, 7) is 0.189. The molecule has 2 rings (SSSR count). The Morgan fingerprint density at radius 3 is 2.70 bits per heavy atom. The van der Waals surface area contributed by atoms with Gasteiger partial charge in [0.05, 0.1) is 18.4 Å².